The minimum Gasteiger partial charge on any atom is -0.368 e. The molecule has 1 aromatic rings. The summed E-state index contributed by atoms with van der Waals surface area (Å²) in [5.41, 5.74) is 0.199. The molecule has 128 valence electrons. The van der Waals surface area contributed by atoms with Gasteiger partial charge in [-0.25, -0.2) is 0 Å². The van der Waals surface area contributed by atoms with Crippen molar-refractivity contribution in [2.24, 2.45) is 0 Å². The largest absolute Gasteiger partial charge is 0.401 e. The summed E-state index contributed by atoms with van der Waals surface area (Å²) in [5.74, 6) is 0. The lowest BCUT2D eigenvalue weighted by molar-refractivity contribution is -0.384. The maximum Gasteiger partial charge on any atom is 0.401 e. The fraction of sp³-hybridized carbons (Fsp3) is 0.538. The Balaban J connectivity index is 2.15. The summed E-state index contributed by atoms with van der Waals surface area (Å²) in [6.45, 7) is 0.364. The van der Waals surface area contributed by atoms with E-state index >= 15 is 0 Å². The average Bonchev–Trinajstić information content (AvgIpc) is 2.62. The van der Waals surface area contributed by atoms with Crippen LogP contribution in [0, 0.1) is 10.1 Å². The molecule has 5 nitrogen and oxygen atoms in total. The number of hydrogen-bond donors (Lipinski definition) is 0. The molecular formula is C13H14Cl2F3N3O2. The van der Waals surface area contributed by atoms with Crippen LogP contribution in [0.1, 0.15) is 6.42 Å². The molecule has 1 saturated heterocycles. The van der Waals surface area contributed by atoms with Gasteiger partial charge in [-0.2, -0.15) is 13.2 Å². The Bertz CT molecular complexity index is 575. The summed E-state index contributed by atoms with van der Waals surface area (Å²) >= 11 is 12.2. The van der Waals surface area contributed by atoms with E-state index < -0.39 is 17.6 Å². The van der Waals surface area contributed by atoms with Crippen LogP contribution >= 0.6 is 23.2 Å². The number of halogens is 5. The highest BCUT2D eigenvalue weighted by Gasteiger charge is 2.32. The van der Waals surface area contributed by atoms with Crippen LogP contribution in [0.2, 0.25) is 10.0 Å². The smallest absolute Gasteiger partial charge is 0.368 e. The molecule has 0 aromatic heterocycles. The predicted octanol–water partition coefficient (Wildman–Crippen LogP) is 3.98. The first-order valence-corrected chi connectivity index (χ1v) is 7.60. The van der Waals surface area contributed by atoms with Crippen LogP contribution in [0.3, 0.4) is 0 Å². The number of anilines is 1. The minimum absolute atomic E-state index is 0.119. The topological polar surface area (TPSA) is 49.6 Å². The molecule has 0 atom stereocenters. The van der Waals surface area contributed by atoms with E-state index in [1.54, 1.807) is 4.90 Å². The van der Waals surface area contributed by atoms with Crippen LogP contribution < -0.4 is 4.90 Å². The molecule has 0 amide bonds. The molecule has 23 heavy (non-hydrogen) atoms. The van der Waals surface area contributed by atoms with Crippen LogP contribution in [0.15, 0.2) is 12.1 Å². The van der Waals surface area contributed by atoms with Gasteiger partial charge in [-0.1, -0.05) is 23.2 Å². The van der Waals surface area contributed by atoms with Crippen molar-refractivity contribution < 1.29 is 18.1 Å². The molecule has 1 heterocycles. The minimum atomic E-state index is -4.24. The highest BCUT2D eigenvalue weighted by Crippen LogP contribution is 2.37. The van der Waals surface area contributed by atoms with Gasteiger partial charge in [0.1, 0.15) is 0 Å². The fourth-order valence-electron chi connectivity index (χ4n) is 2.57. The number of benzene rings is 1. The number of hydrogen-bond acceptors (Lipinski definition) is 4. The van der Waals surface area contributed by atoms with Crippen LogP contribution in [-0.2, 0) is 0 Å². The lowest BCUT2D eigenvalue weighted by Gasteiger charge is -2.25. The maximum absolute atomic E-state index is 12.5. The van der Waals surface area contributed by atoms with Gasteiger partial charge >= 0.3 is 6.18 Å². The van der Waals surface area contributed by atoms with Gasteiger partial charge in [0, 0.05) is 38.3 Å². The number of nitro benzene ring substituents is 1. The molecule has 0 radical (unpaired) electrons. The molecule has 1 aromatic carbocycles. The van der Waals surface area contributed by atoms with Crippen molar-refractivity contribution in [3.05, 3.63) is 32.3 Å². The molecule has 10 heteroatoms. The Morgan fingerprint density at radius 1 is 1.13 bits per heavy atom. The first kappa shape index (κ1) is 18.1. The Hall–Kier alpha value is -1.25. The Labute approximate surface area is 140 Å². The zero-order valence-electron chi connectivity index (χ0n) is 11.9. The second-order valence-electron chi connectivity index (χ2n) is 5.25. The van der Waals surface area contributed by atoms with Crippen molar-refractivity contribution in [1.29, 1.82) is 0 Å². The Kier molecular flexibility index (Phi) is 5.59. The van der Waals surface area contributed by atoms with Gasteiger partial charge in [0.15, 0.2) is 0 Å². The summed E-state index contributed by atoms with van der Waals surface area (Å²) in [7, 11) is 0. The van der Waals surface area contributed by atoms with Crippen molar-refractivity contribution in [3.63, 3.8) is 0 Å². The summed E-state index contributed by atoms with van der Waals surface area (Å²) in [6, 6.07) is 2.39. The zero-order chi connectivity index (χ0) is 17.2. The van der Waals surface area contributed by atoms with Gasteiger partial charge in [0.2, 0.25) is 0 Å². The van der Waals surface area contributed by atoms with Gasteiger partial charge in [0.05, 0.1) is 27.2 Å². The van der Waals surface area contributed by atoms with Gasteiger partial charge in [-0.15, -0.1) is 0 Å². The standard InChI is InChI=1S/C13H14Cl2F3N3O2/c14-10-6-9(21(22)23)7-11(15)12(10)20-3-1-2-19(4-5-20)8-13(16,17)18/h6-7H,1-5,8H2. The second kappa shape index (κ2) is 7.11. The van der Waals surface area contributed by atoms with E-state index in [9.17, 15) is 23.3 Å². The quantitative estimate of drug-likeness (QED) is 0.595. The molecule has 2 rings (SSSR count). The van der Waals surface area contributed by atoms with E-state index in [0.717, 1.165) is 0 Å². The molecule has 0 unspecified atom stereocenters. The van der Waals surface area contributed by atoms with Crippen molar-refractivity contribution in [1.82, 2.24) is 4.90 Å². The molecule has 1 aliphatic heterocycles. The van der Waals surface area contributed by atoms with Gasteiger partial charge in [-0.3, -0.25) is 15.0 Å². The van der Waals surface area contributed by atoms with E-state index in [0.29, 0.717) is 31.7 Å². The number of rotatable bonds is 3. The first-order chi connectivity index (χ1) is 10.7. The first-order valence-electron chi connectivity index (χ1n) is 6.85. The van der Waals surface area contributed by atoms with E-state index in [-0.39, 0.29) is 22.3 Å². The molecule has 0 aliphatic carbocycles. The van der Waals surface area contributed by atoms with Crippen molar-refractivity contribution >= 4 is 34.6 Å². The number of alkyl halides is 3. The molecule has 0 bridgehead atoms. The molecule has 1 fully saturated rings. The van der Waals surface area contributed by atoms with Crippen molar-refractivity contribution in [3.8, 4) is 0 Å². The SMILES string of the molecule is O=[N+]([O-])c1cc(Cl)c(N2CCCN(CC(F)(F)F)CC2)c(Cl)c1. The van der Waals surface area contributed by atoms with Crippen LogP contribution in [0.5, 0.6) is 0 Å². The van der Waals surface area contributed by atoms with Gasteiger partial charge in [-0.05, 0) is 6.42 Å². The average molecular weight is 372 g/mol. The number of nitrogens with zero attached hydrogens (tertiary/aromatic N) is 3. The Morgan fingerprint density at radius 2 is 1.74 bits per heavy atom. The van der Waals surface area contributed by atoms with E-state index in [4.69, 9.17) is 23.2 Å². The van der Waals surface area contributed by atoms with Crippen LogP contribution in [0.4, 0.5) is 24.5 Å². The second-order valence-corrected chi connectivity index (χ2v) is 6.06. The molecular weight excluding hydrogens is 358 g/mol. The van der Waals surface area contributed by atoms with E-state index in [1.807, 2.05) is 0 Å². The third-order valence-electron chi connectivity index (χ3n) is 3.52. The van der Waals surface area contributed by atoms with E-state index in [2.05, 4.69) is 0 Å². The number of nitro groups is 1. The lowest BCUT2D eigenvalue weighted by Crippen LogP contribution is -2.37. The highest BCUT2D eigenvalue weighted by atomic mass is 35.5. The van der Waals surface area contributed by atoms with Crippen LogP contribution in [0.25, 0.3) is 0 Å². The maximum atomic E-state index is 12.5. The summed E-state index contributed by atoms with van der Waals surface area (Å²) in [6.07, 6.45) is -3.72. The van der Waals surface area contributed by atoms with E-state index in [1.165, 1.54) is 17.0 Å². The van der Waals surface area contributed by atoms with Crippen molar-refractivity contribution in [2.75, 3.05) is 37.6 Å². The molecule has 1 aliphatic rings. The fourth-order valence-corrected chi connectivity index (χ4v) is 3.28. The van der Waals surface area contributed by atoms with Crippen LogP contribution in [-0.4, -0.2) is 48.7 Å². The zero-order valence-corrected chi connectivity index (χ0v) is 13.5. The third kappa shape index (κ3) is 4.86. The highest BCUT2D eigenvalue weighted by molar-refractivity contribution is 6.39. The summed E-state index contributed by atoms with van der Waals surface area (Å²) < 4.78 is 37.4. The Morgan fingerprint density at radius 3 is 2.26 bits per heavy atom. The predicted molar refractivity (Wildman–Crippen MR) is 82.4 cm³/mol. The van der Waals surface area contributed by atoms with Gasteiger partial charge < -0.3 is 4.90 Å². The third-order valence-corrected chi connectivity index (χ3v) is 4.10. The summed E-state index contributed by atoms with van der Waals surface area (Å²) in [4.78, 5) is 13.3. The molecule has 0 spiro atoms. The molecule has 0 N–H and O–H groups in total. The molecule has 0 saturated carbocycles. The monoisotopic (exact) mass is 371 g/mol. The lowest BCUT2D eigenvalue weighted by atomic mass is 10.2. The van der Waals surface area contributed by atoms with Gasteiger partial charge in [0.25, 0.3) is 5.69 Å². The number of non-ortho nitro benzene ring substituents is 1. The normalized spacial score (nSPS) is 17.2. The van der Waals surface area contributed by atoms with Crippen molar-refractivity contribution in [2.45, 2.75) is 12.6 Å². The summed E-state index contributed by atoms with van der Waals surface area (Å²) in [5, 5.41) is 11.0.